The SMILES string of the molecule is C=CCC(c1ccccc1)C(C)[N+](=O)[O-]. The highest BCUT2D eigenvalue weighted by molar-refractivity contribution is 5.21. The summed E-state index contributed by atoms with van der Waals surface area (Å²) in [6.45, 7) is 5.29. The van der Waals surface area contributed by atoms with E-state index in [0.29, 0.717) is 6.42 Å². The van der Waals surface area contributed by atoms with Crippen molar-refractivity contribution >= 4 is 0 Å². The highest BCUT2D eigenvalue weighted by Gasteiger charge is 2.26. The molecule has 80 valence electrons. The van der Waals surface area contributed by atoms with Gasteiger partial charge in [-0.05, 0) is 12.0 Å². The molecule has 0 aliphatic heterocycles. The maximum atomic E-state index is 10.8. The molecule has 1 rings (SSSR count). The Morgan fingerprint density at radius 1 is 1.47 bits per heavy atom. The van der Waals surface area contributed by atoms with Gasteiger partial charge in [0.2, 0.25) is 6.04 Å². The van der Waals surface area contributed by atoms with Gasteiger partial charge in [-0.3, -0.25) is 10.1 Å². The summed E-state index contributed by atoms with van der Waals surface area (Å²) in [5.74, 6) is -0.0845. The van der Waals surface area contributed by atoms with E-state index in [1.165, 1.54) is 0 Å². The van der Waals surface area contributed by atoms with Gasteiger partial charge in [-0.25, -0.2) is 0 Å². The standard InChI is InChI=1S/C12H15NO2/c1-3-7-12(10(2)13(14)15)11-8-5-4-6-9-11/h3-6,8-10,12H,1,7H2,2H3. The molecule has 0 heterocycles. The van der Waals surface area contributed by atoms with E-state index in [2.05, 4.69) is 6.58 Å². The van der Waals surface area contributed by atoms with Crippen molar-refractivity contribution < 1.29 is 4.92 Å². The van der Waals surface area contributed by atoms with E-state index >= 15 is 0 Å². The molecule has 0 fully saturated rings. The fourth-order valence-corrected chi connectivity index (χ4v) is 1.64. The van der Waals surface area contributed by atoms with Crippen LogP contribution >= 0.6 is 0 Å². The molecule has 0 saturated heterocycles. The van der Waals surface area contributed by atoms with Gasteiger partial charge in [0.25, 0.3) is 0 Å². The second kappa shape index (κ2) is 5.29. The summed E-state index contributed by atoms with van der Waals surface area (Å²) in [5, 5.41) is 10.8. The van der Waals surface area contributed by atoms with E-state index in [4.69, 9.17) is 0 Å². The second-order valence-electron chi connectivity index (χ2n) is 3.57. The first-order valence-corrected chi connectivity index (χ1v) is 4.96. The molecule has 0 spiro atoms. The zero-order valence-corrected chi connectivity index (χ0v) is 8.80. The molecule has 2 atom stereocenters. The minimum Gasteiger partial charge on any atom is -0.264 e. The van der Waals surface area contributed by atoms with Crippen LogP contribution in [0, 0.1) is 10.1 Å². The van der Waals surface area contributed by atoms with Crippen LogP contribution in [0.15, 0.2) is 43.0 Å². The summed E-state index contributed by atoms with van der Waals surface area (Å²) >= 11 is 0. The van der Waals surface area contributed by atoms with Gasteiger partial charge in [-0.2, -0.15) is 0 Å². The molecule has 3 nitrogen and oxygen atoms in total. The van der Waals surface area contributed by atoms with E-state index in [-0.39, 0.29) is 10.8 Å². The molecule has 0 radical (unpaired) electrons. The van der Waals surface area contributed by atoms with Crippen LogP contribution in [0.2, 0.25) is 0 Å². The van der Waals surface area contributed by atoms with Gasteiger partial charge in [0, 0.05) is 11.8 Å². The number of allylic oxidation sites excluding steroid dienone is 1. The first-order valence-electron chi connectivity index (χ1n) is 4.96. The van der Waals surface area contributed by atoms with Crippen molar-refractivity contribution in [1.29, 1.82) is 0 Å². The van der Waals surface area contributed by atoms with Gasteiger partial charge in [0.1, 0.15) is 0 Å². The van der Waals surface area contributed by atoms with Gasteiger partial charge in [-0.1, -0.05) is 36.4 Å². The molecule has 0 saturated carbocycles. The average Bonchev–Trinajstić information content (AvgIpc) is 2.26. The van der Waals surface area contributed by atoms with Crippen molar-refractivity contribution in [2.45, 2.75) is 25.3 Å². The van der Waals surface area contributed by atoms with Crippen molar-refractivity contribution in [3.05, 3.63) is 58.7 Å². The molecule has 0 N–H and O–H groups in total. The first-order chi connectivity index (χ1) is 7.16. The normalized spacial score (nSPS) is 14.2. The minimum absolute atomic E-state index is 0.0845. The molecule has 0 aliphatic carbocycles. The van der Waals surface area contributed by atoms with Crippen LogP contribution in [0.3, 0.4) is 0 Å². The topological polar surface area (TPSA) is 43.1 Å². The largest absolute Gasteiger partial charge is 0.264 e. The van der Waals surface area contributed by atoms with E-state index in [0.717, 1.165) is 5.56 Å². The highest BCUT2D eigenvalue weighted by atomic mass is 16.6. The lowest BCUT2D eigenvalue weighted by Gasteiger charge is -2.16. The van der Waals surface area contributed by atoms with Crippen molar-refractivity contribution in [3.63, 3.8) is 0 Å². The number of hydrogen-bond acceptors (Lipinski definition) is 2. The van der Waals surface area contributed by atoms with Crippen LogP contribution in [0.1, 0.15) is 24.8 Å². The number of nitro groups is 1. The quantitative estimate of drug-likeness (QED) is 0.421. The molecule has 3 heteroatoms. The maximum Gasteiger partial charge on any atom is 0.217 e. The zero-order chi connectivity index (χ0) is 11.3. The van der Waals surface area contributed by atoms with Crippen LogP contribution in [-0.2, 0) is 0 Å². The van der Waals surface area contributed by atoms with Crippen molar-refractivity contribution in [1.82, 2.24) is 0 Å². The molecule has 0 bridgehead atoms. The third-order valence-electron chi connectivity index (χ3n) is 2.56. The fraction of sp³-hybridized carbons (Fsp3) is 0.333. The zero-order valence-electron chi connectivity index (χ0n) is 8.80. The van der Waals surface area contributed by atoms with Gasteiger partial charge in [0.15, 0.2) is 0 Å². The van der Waals surface area contributed by atoms with Crippen molar-refractivity contribution in [3.8, 4) is 0 Å². The average molecular weight is 205 g/mol. The summed E-state index contributed by atoms with van der Waals surface area (Å²) in [4.78, 5) is 10.5. The number of nitrogens with zero attached hydrogens (tertiary/aromatic N) is 1. The third kappa shape index (κ3) is 2.91. The Balaban J connectivity index is 2.92. The molecule has 2 unspecified atom stereocenters. The van der Waals surface area contributed by atoms with E-state index in [1.807, 2.05) is 30.3 Å². The van der Waals surface area contributed by atoms with Crippen molar-refractivity contribution in [2.24, 2.45) is 0 Å². The van der Waals surface area contributed by atoms with Crippen molar-refractivity contribution in [2.75, 3.05) is 0 Å². The van der Waals surface area contributed by atoms with Crippen LogP contribution < -0.4 is 0 Å². The van der Waals surface area contributed by atoms with Crippen LogP contribution in [0.4, 0.5) is 0 Å². The van der Waals surface area contributed by atoms with Crippen LogP contribution in [0.25, 0.3) is 0 Å². The Morgan fingerprint density at radius 3 is 2.53 bits per heavy atom. The summed E-state index contributed by atoms with van der Waals surface area (Å²) in [7, 11) is 0. The van der Waals surface area contributed by atoms with Gasteiger partial charge < -0.3 is 0 Å². The Hall–Kier alpha value is -1.64. The minimum atomic E-state index is -0.578. The summed E-state index contributed by atoms with van der Waals surface area (Å²) in [6.07, 6.45) is 2.36. The Kier molecular flexibility index (Phi) is 4.03. The Bertz CT molecular complexity index is 335. The fourth-order valence-electron chi connectivity index (χ4n) is 1.64. The summed E-state index contributed by atoms with van der Waals surface area (Å²) in [5.41, 5.74) is 1.00. The summed E-state index contributed by atoms with van der Waals surface area (Å²) < 4.78 is 0. The third-order valence-corrected chi connectivity index (χ3v) is 2.56. The predicted molar refractivity (Wildman–Crippen MR) is 60.5 cm³/mol. The Labute approximate surface area is 89.6 Å². The smallest absolute Gasteiger partial charge is 0.217 e. The maximum absolute atomic E-state index is 10.8. The molecule has 0 aliphatic rings. The lowest BCUT2D eigenvalue weighted by Crippen LogP contribution is -2.23. The van der Waals surface area contributed by atoms with Gasteiger partial charge in [-0.15, -0.1) is 6.58 Å². The van der Waals surface area contributed by atoms with Gasteiger partial charge in [0.05, 0.1) is 5.92 Å². The number of rotatable bonds is 5. The first kappa shape index (κ1) is 11.4. The molecular weight excluding hydrogens is 190 g/mol. The van der Waals surface area contributed by atoms with E-state index < -0.39 is 6.04 Å². The van der Waals surface area contributed by atoms with E-state index in [9.17, 15) is 10.1 Å². The van der Waals surface area contributed by atoms with Gasteiger partial charge >= 0.3 is 0 Å². The molecule has 0 aromatic heterocycles. The predicted octanol–water partition coefficient (Wildman–Crippen LogP) is 3.01. The molecule has 0 amide bonds. The van der Waals surface area contributed by atoms with Crippen LogP contribution in [-0.4, -0.2) is 11.0 Å². The second-order valence-corrected chi connectivity index (χ2v) is 3.57. The highest BCUT2D eigenvalue weighted by Crippen LogP contribution is 2.25. The molecular formula is C12H15NO2. The lowest BCUT2D eigenvalue weighted by molar-refractivity contribution is -0.522. The summed E-state index contributed by atoms with van der Waals surface area (Å²) in [6, 6.07) is 8.98. The molecule has 15 heavy (non-hydrogen) atoms. The molecule has 1 aromatic carbocycles. The lowest BCUT2D eigenvalue weighted by atomic mass is 9.90. The Morgan fingerprint density at radius 2 is 2.07 bits per heavy atom. The molecule has 1 aromatic rings. The number of hydrogen-bond donors (Lipinski definition) is 0. The number of benzene rings is 1. The van der Waals surface area contributed by atoms with Crippen LogP contribution in [0.5, 0.6) is 0 Å². The monoisotopic (exact) mass is 205 g/mol. The van der Waals surface area contributed by atoms with E-state index in [1.54, 1.807) is 13.0 Å².